The summed E-state index contributed by atoms with van der Waals surface area (Å²) < 4.78 is 0. The Hall–Kier alpha value is -1.38. The van der Waals surface area contributed by atoms with Gasteiger partial charge in [0.05, 0.1) is 5.92 Å². The van der Waals surface area contributed by atoms with E-state index in [0.717, 1.165) is 30.6 Å². The first-order chi connectivity index (χ1) is 13.8. The molecule has 4 saturated carbocycles. The van der Waals surface area contributed by atoms with Gasteiger partial charge in [0.2, 0.25) is 5.91 Å². The van der Waals surface area contributed by atoms with Crippen LogP contribution in [0.4, 0.5) is 0 Å². The molecule has 0 aromatic heterocycles. The molecule has 0 aromatic rings. The highest BCUT2D eigenvalue weighted by Crippen LogP contribution is 2.61. The summed E-state index contributed by atoms with van der Waals surface area (Å²) in [7, 11) is 0. The van der Waals surface area contributed by atoms with Crippen LogP contribution in [0.25, 0.3) is 0 Å². The number of hydrogen-bond donors (Lipinski definition) is 1. The summed E-state index contributed by atoms with van der Waals surface area (Å²) in [5, 5.41) is 3.53. The predicted molar refractivity (Wildman–Crippen MR) is 115 cm³/mol. The lowest BCUT2D eigenvalue weighted by Crippen LogP contribution is -2.57. The third-order valence-corrected chi connectivity index (χ3v) is 9.39. The Labute approximate surface area is 175 Å². The molecule has 4 bridgehead atoms. The minimum Gasteiger partial charge on any atom is -0.353 e. The number of allylic oxidation sites excluding steroid dienone is 4. The minimum absolute atomic E-state index is 0.0550. The van der Waals surface area contributed by atoms with Crippen LogP contribution in [0, 0.1) is 40.4 Å². The van der Waals surface area contributed by atoms with Crippen LogP contribution < -0.4 is 5.32 Å². The van der Waals surface area contributed by atoms with Crippen LogP contribution in [-0.2, 0) is 9.59 Å². The molecule has 0 radical (unpaired) electrons. The SMILES string of the molecule is CC(C)C1=CC[C@H](C(=O)NC(C)C23CC4CC(CC(C4)C2)C3)[C@@]12C=CC(=O)CC2. The highest BCUT2D eigenvalue weighted by Gasteiger charge is 2.54. The van der Waals surface area contributed by atoms with Crippen molar-refractivity contribution >= 4 is 11.7 Å². The van der Waals surface area contributed by atoms with E-state index in [0.29, 0.717) is 17.8 Å². The van der Waals surface area contributed by atoms with E-state index >= 15 is 0 Å². The maximum Gasteiger partial charge on any atom is 0.224 e. The second kappa shape index (κ2) is 6.82. The summed E-state index contributed by atoms with van der Waals surface area (Å²) >= 11 is 0. The van der Waals surface area contributed by atoms with Gasteiger partial charge in [-0.25, -0.2) is 0 Å². The van der Waals surface area contributed by atoms with E-state index in [-0.39, 0.29) is 29.1 Å². The van der Waals surface area contributed by atoms with E-state index in [1.165, 1.54) is 44.1 Å². The van der Waals surface area contributed by atoms with Gasteiger partial charge in [-0.3, -0.25) is 9.59 Å². The van der Waals surface area contributed by atoms with E-state index in [2.05, 4.69) is 38.2 Å². The molecule has 1 N–H and O–H groups in total. The zero-order valence-electron chi connectivity index (χ0n) is 18.4. The summed E-state index contributed by atoms with van der Waals surface area (Å²) in [4.78, 5) is 25.5. The first-order valence-electron chi connectivity index (χ1n) is 12.0. The molecule has 0 saturated heterocycles. The number of carbonyl (C=O) groups excluding carboxylic acids is 2. The normalized spacial score (nSPS) is 43.9. The first-order valence-corrected chi connectivity index (χ1v) is 12.0. The standard InChI is InChI=1S/C26H37NO2/c1-16(2)22-4-5-23(26(22)8-6-21(28)7-9-26)24(29)27-17(3)25-13-18-10-19(14-25)12-20(11-18)15-25/h4,6,8,16-20,23H,5,7,9-15H2,1-3H3,(H,27,29)/t17?,18?,19?,20?,23-,25?,26-/m1/s1. The molecule has 4 fully saturated rings. The molecule has 6 rings (SSSR count). The lowest BCUT2D eigenvalue weighted by atomic mass is 9.48. The largest absolute Gasteiger partial charge is 0.353 e. The Morgan fingerprint density at radius 3 is 2.21 bits per heavy atom. The Kier molecular flexibility index (Phi) is 4.60. The maximum absolute atomic E-state index is 13.6. The molecule has 3 atom stereocenters. The number of carbonyl (C=O) groups is 2. The van der Waals surface area contributed by atoms with Gasteiger partial charge in [0, 0.05) is 17.9 Å². The maximum atomic E-state index is 13.6. The van der Waals surface area contributed by atoms with Gasteiger partial charge in [0.1, 0.15) is 0 Å². The van der Waals surface area contributed by atoms with E-state index in [9.17, 15) is 9.59 Å². The highest BCUT2D eigenvalue weighted by molar-refractivity contribution is 5.92. The van der Waals surface area contributed by atoms with Crippen LogP contribution in [-0.4, -0.2) is 17.7 Å². The Morgan fingerprint density at radius 1 is 1.07 bits per heavy atom. The summed E-state index contributed by atoms with van der Waals surface area (Å²) in [5.41, 5.74) is 1.46. The van der Waals surface area contributed by atoms with Gasteiger partial charge in [0.25, 0.3) is 0 Å². The monoisotopic (exact) mass is 395 g/mol. The lowest BCUT2D eigenvalue weighted by Gasteiger charge is -2.59. The number of hydrogen-bond acceptors (Lipinski definition) is 2. The van der Waals surface area contributed by atoms with Crippen molar-refractivity contribution in [2.45, 2.75) is 84.6 Å². The fourth-order valence-corrected chi connectivity index (χ4v) is 8.40. The van der Waals surface area contributed by atoms with Crippen molar-refractivity contribution in [1.29, 1.82) is 0 Å². The van der Waals surface area contributed by atoms with Crippen LogP contribution in [0.3, 0.4) is 0 Å². The molecule has 3 nitrogen and oxygen atoms in total. The summed E-state index contributed by atoms with van der Waals surface area (Å²) in [5.74, 6) is 3.48. The molecule has 0 heterocycles. The Balaban J connectivity index is 1.35. The molecule has 158 valence electrons. The highest BCUT2D eigenvalue weighted by atomic mass is 16.2. The van der Waals surface area contributed by atoms with Gasteiger partial charge in [-0.05, 0) is 93.5 Å². The third kappa shape index (κ3) is 3.06. The van der Waals surface area contributed by atoms with E-state index in [4.69, 9.17) is 0 Å². The number of amides is 1. The van der Waals surface area contributed by atoms with Crippen LogP contribution in [0.5, 0.6) is 0 Å². The summed E-state index contributed by atoms with van der Waals surface area (Å²) in [6.07, 6.45) is 16.6. The average Bonchev–Trinajstić information content (AvgIpc) is 3.02. The van der Waals surface area contributed by atoms with Gasteiger partial charge >= 0.3 is 0 Å². The van der Waals surface area contributed by atoms with Crippen molar-refractivity contribution in [2.75, 3.05) is 0 Å². The molecular formula is C26H37NO2. The average molecular weight is 396 g/mol. The van der Waals surface area contributed by atoms with Gasteiger partial charge in [0.15, 0.2) is 5.78 Å². The third-order valence-electron chi connectivity index (χ3n) is 9.39. The number of rotatable bonds is 4. The number of nitrogens with one attached hydrogen (secondary N) is 1. The van der Waals surface area contributed by atoms with Gasteiger partial charge in [-0.1, -0.05) is 31.6 Å². The molecule has 6 aliphatic rings. The molecule has 1 amide bonds. The molecule has 0 aromatic carbocycles. The van der Waals surface area contributed by atoms with Gasteiger partial charge in [-0.2, -0.15) is 0 Å². The molecule has 3 heteroatoms. The first kappa shape index (κ1) is 19.6. The fraction of sp³-hybridized carbons (Fsp3) is 0.769. The second-order valence-electron chi connectivity index (χ2n) is 11.5. The molecule has 6 aliphatic carbocycles. The van der Waals surface area contributed by atoms with E-state index < -0.39 is 0 Å². The topological polar surface area (TPSA) is 46.2 Å². The van der Waals surface area contributed by atoms with Crippen LogP contribution in [0.2, 0.25) is 0 Å². The van der Waals surface area contributed by atoms with Crippen LogP contribution >= 0.6 is 0 Å². The molecule has 29 heavy (non-hydrogen) atoms. The fourth-order valence-electron chi connectivity index (χ4n) is 8.40. The quantitative estimate of drug-likeness (QED) is 0.664. The van der Waals surface area contributed by atoms with Crippen molar-refractivity contribution in [2.24, 2.45) is 40.4 Å². The molecular weight excluding hydrogens is 358 g/mol. The second-order valence-corrected chi connectivity index (χ2v) is 11.5. The van der Waals surface area contributed by atoms with Crippen molar-refractivity contribution in [3.05, 3.63) is 23.8 Å². The van der Waals surface area contributed by atoms with Gasteiger partial charge in [-0.15, -0.1) is 0 Å². The van der Waals surface area contributed by atoms with E-state index in [1.54, 1.807) is 6.08 Å². The summed E-state index contributed by atoms with van der Waals surface area (Å²) in [6, 6.07) is 0.262. The van der Waals surface area contributed by atoms with Crippen molar-refractivity contribution in [3.63, 3.8) is 0 Å². The molecule has 1 unspecified atom stereocenters. The predicted octanol–water partition coefficient (Wildman–Crippen LogP) is 5.22. The van der Waals surface area contributed by atoms with E-state index in [1.807, 2.05) is 0 Å². The number of ketones is 1. The smallest absolute Gasteiger partial charge is 0.224 e. The van der Waals surface area contributed by atoms with Crippen LogP contribution in [0.1, 0.15) is 78.6 Å². The van der Waals surface area contributed by atoms with Crippen molar-refractivity contribution in [3.8, 4) is 0 Å². The zero-order valence-corrected chi connectivity index (χ0v) is 18.4. The minimum atomic E-state index is -0.243. The van der Waals surface area contributed by atoms with Crippen molar-refractivity contribution in [1.82, 2.24) is 5.32 Å². The Bertz CT molecular complexity index is 740. The van der Waals surface area contributed by atoms with Crippen molar-refractivity contribution < 1.29 is 9.59 Å². The zero-order chi connectivity index (χ0) is 20.4. The summed E-state index contributed by atoms with van der Waals surface area (Å²) in [6.45, 7) is 6.72. The van der Waals surface area contributed by atoms with Gasteiger partial charge < -0.3 is 5.32 Å². The molecule has 1 spiro atoms. The van der Waals surface area contributed by atoms with Crippen LogP contribution in [0.15, 0.2) is 23.8 Å². The molecule has 0 aliphatic heterocycles. The Morgan fingerprint density at radius 2 is 1.69 bits per heavy atom. The lowest BCUT2D eigenvalue weighted by molar-refractivity contribution is -0.132.